The normalized spacial score (nSPS) is 10.5. The molecular weight excluding hydrogens is 326 g/mol. The molecule has 2 heterocycles. The third-order valence-corrected chi connectivity index (χ3v) is 2.81. The van der Waals surface area contributed by atoms with E-state index in [9.17, 15) is 4.79 Å². The van der Waals surface area contributed by atoms with E-state index in [-0.39, 0.29) is 5.56 Å². The summed E-state index contributed by atoms with van der Waals surface area (Å²) in [5, 5.41) is 0. The number of furan rings is 1. The summed E-state index contributed by atoms with van der Waals surface area (Å²) in [6.45, 7) is 0.507. The molecular formula is C10H7Br2NO2. The Morgan fingerprint density at radius 2 is 2.13 bits per heavy atom. The second-order valence-electron chi connectivity index (χ2n) is 3.07. The van der Waals surface area contributed by atoms with Gasteiger partial charge in [-0.15, -0.1) is 0 Å². The molecule has 2 rings (SSSR count). The molecule has 0 spiro atoms. The predicted molar refractivity (Wildman–Crippen MR) is 63.9 cm³/mol. The van der Waals surface area contributed by atoms with E-state index in [0.29, 0.717) is 11.2 Å². The third-order valence-electron chi connectivity index (χ3n) is 1.92. The molecule has 0 aromatic carbocycles. The molecule has 0 bridgehead atoms. The maximum Gasteiger partial charge on any atom is 0.250 e. The highest BCUT2D eigenvalue weighted by Crippen LogP contribution is 2.15. The van der Waals surface area contributed by atoms with E-state index >= 15 is 0 Å². The quantitative estimate of drug-likeness (QED) is 0.847. The van der Waals surface area contributed by atoms with Crippen LogP contribution in [0.15, 0.2) is 49.0 Å². The zero-order valence-corrected chi connectivity index (χ0v) is 10.8. The lowest BCUT2D eigenvalue weighted by atomic mass is 10.3. The van der Waals surface area contributed by atoms with E-state index in [1.165, 1.54) is 6.07 Å². The minimum atomic E-state index is -0.0319. The Hall–Kier alpha value is -0.810. The second kappa shape index (κ2) is 4.37. The fourth-order valence-corrected chi connectivity index (χ4v) is 2.02. The smallest absolute Gasteiger partial charge is 0.250 e. The number of hydrogen-bond acceptors (Lipinski definition) is 2. The van der Waals surface area contributed by atoms with Crippen LogP contribution in [0.4, 0.5) is 0 Å². The van der Waals surface area contributed by atoms with E-state index < -0.39 is 0 Å². The van der Waals surface area contributed by atoms with Gasteiger partial charge in [-0.05, 0) is 44.0 Å². The summed E-state index contributed by atoms with van der Waals surface area (Å²) in [5.41, 5.74) is 0.914. The first-order valence-electron chi connectivity index (χ1n) is 4.24. The van der Waals surface area contributed by atoms with Gasteiger partial charge in [0.1, 0.15) is 0 Å². The topological polar surface area (TPSA) is 35.1 Å². The second-order valence-corrected chi connectivity index (χ2v) is 4.77. The average Bonchev–Trinajstić information content (AvgIpc) is 2.58. The Morgan fingerprint density at radius 1 is 1.33 bits per heavy atom. The maximum absolute atomic E-state index is 11.5. The summed E-state index contributed by atoms with van der Waals surface area (Å²) in [6, 6.07) is 5.09. The molecule has 15 heavy (non-hydrogen) atoms. The number of hydrogen-bond donors (Lipinski definition) is 0. The lowest BCUT2D eigenvalue weighted by Gasteiger charge is -2.02. The molecule has 0 atom stereocenters. The molecule has 0 N–H and O–H groups in total. The van der Waals surface area contributed by atoms with Crippen molar-refractivity contribution in [1.82, 2.24) is 4.57 Å². The average molecular weight is 333 g/mol. The lowest BCUT2D eigenvalue weighted by molar-refractivity contribution is 0.537. The van der Waals surface area contributed by atoms with Crippen molar-refractivity contribution in [1.29, 1.82) is 0 Å². The van der Waals surface area contributed by atoms with Crippen molar-refractivity contribution in [2.24, 2.45) is 0 Å². The zero-order chi connectivity index (χ0) is 10.8. The summed E-state index contributed by atoms with van der Waals surface area (Å²) >= 11 is 6.54. The fourth-order valence-electron chi connectivity index (χ4n) is 1.25. The van der Waals surface area contributed by atoms with Gasteiger partial charge < -0.3 is 8.98 Å². The summed E-state index contributed by atoms with van der Waals surface area (Å²) in [5.74, 6) is 0. The van der Waals surface area contributed by atoms with Gasteiger partial charge in [-0.2, -0.15) is 0 Å². The minimum absolute atomic E-state index is 0.0319. The fraction of sp³-hybridized carbons (Fsp3) is 0.100. The maximum atomic E-state index is 11.5. The van der Waals surface area contributed by atoms with Crippen LogP contribution in [0.2, 0.25) is 0 Å². The first-order chi connectivity index (χ1) is 7.15. The molecule has 5 heteroatoms. The molecule has 78 valence electrons. The number of aromatic nitrogens is 1. The van der Waals surface area contributed by atoms with Gasteiger partial charge in [0.15, 0.2) is 4.67 Å². The molecule has 0 aliphatic rings. The van der Waals surface area contributed by atoms with Crippen LogP contribution in [0, 0.1) is 0 Å². The first kappa shape index (κ1) is 10.7. The van der Waals surface area contributed by atoms with Gasteiger partial charge >= 0.3 is 0 Å². The first-order valence-corrected chi connectivity index (χ1v) is 5.82. The van der Waals surface area contributed by atoms with Crippen molar-refractivity contribution < 1.29 is 4.42 Å². The summed E-state index contributed by atoms with van der Waals surface area (Å²) < 4.78 is 8.26. The molecule has 0 saturated heterocycles. The monoisotopic (exact) mass is 331 g/mol. The number of halogens is 2. The van der Waals surface area contributed by atoms with Crippen molar-refractivity contribution >= 4 is 31.9 Å². The molecule has 0 amide bonds. The van der Waals surface area contributed by atoms with Crippen LogP contribution in [0.5, 0.6) is 0 Å². The van der Waals surface area contributed by atoms with Crippen LogP contribution in [0.1, 0.15) is 5.56 Å². The van der Waals surface area contributed by atoms with Crippen molar-refractivity contribution in [3.8, 4) is 0 Å². The Kier molecular flexibility index (Phi) is 3.11. The van der Waals surface area contributed by atoms with Gasteiger partial charge in [0.05, 0.1) is 12.8 Å². The highest BCUT2D eigenvalue weighted by atomic mass is 79.9. The summed E-state index contributed by atoms with van der Waals surface area (Å²) in [4.78, 5) is 11.5. The Morgan fingerprint density at radius 3 is 2.80 bits per heavy atom. The van der Waals surface area contributed by atoms with Crippen molar-refractivity contribution in [2.75, 3.05) is 0 Å². The standard InChI is InChI=1S/C10H7Br2NO2/c11-8-1-2-10(14)13(5-8)4-7-3-9(12)15-6-7/h1-3,5-6H,4H2. The SMILES string of the molecule is O=c1ccc(Br)cn1Cc1coc(Br)c1. The Bertz CT molecular complexity index is 530. The van der Waals surface area contributed by atoms with E-state index in [4.69, 9.17) is 4.42 Å². The van der Waals surface area contributed by atoms with Crippen LogP contribution in [0.25, 0.3) is 0 Å². The molecule has 0 fully saturated rings. The Labute approximate surface area is 103 Å². The predicted octanol–water partition coefficient (Wildman–Crippen LogP) is 3.01. The molecule has 0 aliphatic heterocycles. The van der Waals surface area contributed by atoms with E-state index in [2.05, 4.69) is 31.9 Å². The van der Waals surface area contributed by atoms with E-state index in [1.807, 2.05) is 6.07 Å². The summed E-state index contributed by atoms with van der Waals surface area (Å²) in [7, 11) is 0. The zero-order valence-electron chi connectivity index (χ0n) is 7.61. The van der Waals surface area contributed by atoms with Gasteiger partial charge in [-0.1, -0.05) is 0 Å². The molecule has 0 aliphatic carbocycles. The van der Waals surface area contributed by atoms with Crippen molar-refractivity contribution in [2.45, 2.75) is 6.54 Å². The molecule has 0 saturated carbocycles. The van der Waals surface area contributed by atoms with Gasteiger partial charge in [-0.3, -0.25) is 4.79 Å². The molecule has 3 nitrogen and oxygen atoms in total. The molecule has 2 aromatic rings. The van der Waals surface area contributed by atoms with Gasteiger partial charge in [0.2, 0.25) is 0 Å². The number of pyridine rings is 1. The van der Waals surface area contributed by atoms with E-state index in [0.717, 1.165) is 10.0 Å². The van der Waals surface area contributed by atoms with Crippen molar-refractivity contribution in [3.63, 3.8) is 0 Å². The van der Waals surface area contributed by atoms with Crippen molar-refractivity contribution in [3.05, 3.63) is 55.7 Å². The number of rotatable bonds is 2. The molecule has 2 aromatic heterocycles. The molecule has 0 unspecified atom stereocenters. The summed E-state index contributed by atoms with van der Waals surface area (Å²) in [6.07, 6.45) is 3.38. The van der Waals surface area contributed by atoms with Crippen LogP contribution in [-0.2, 0) is 6.54 Å². The lowest BCUT2D eigenvalue weighted by Crippen LogP contribution is -2.18. The van der Waals surface area contributed by atoms with Crippen LogP contribution in [-0.4, -0.2) is 4.57 Å². The highest BCUT2D eigenvalue weighted by Gasteiger charge is 2.02. The van der Waals surface area contributed by atoms with Gasteiger partial charge in [0.25, 0.3) is 5.56 Å². The molecule has 0 radical (unpaired) electrons. The third kappa shape index (κ3) is 2.60. The largest absolute Gasteiger partial charge is 0.457 e. The van der Waals surface area contributed by atoms with Crippen LogP contribution >= 0.6 is 31.9 Å². The van der Waals surface area contributed by atoms with Crippen LogP contribution < -0.4 is 5.56 Å². The van der Waals surface area contributed by atoms with Gasteiger partial charge in [-0.25, -0.2) is 0 Å². The van der Waals surface area contributed by atoms with Crippen LogP contribution in [0.3, 0.4) is 0 Å². The highest BCUT2D eigenvalue weighted by molar-refractivity contribution is 9.10. The number of nitrogens with zero attached hydrogens (tertiary/aromatic N) is 1. The Balaban J connectivity index is 2.31. The minimum Gasteiger partial charge on any atom is -0.457 e. The van der Waals surface area contributed by atoms with Gasteiger partial charge in [0, 0.05) is 22.3 Å². The van der Waals surface area contributed by atoms with E-state index in [1.54, 1.807) is 23.1 Å².